The third-order valence-electron chi connectivity index (χ3n) is 4.12. The molecule has 4 rings (SSSR count). The molecule has 0 N–H and O–H groups in total. The van der Waals surface area contributed by atoms with Gasteiger partial charge in [-0.1, -0.05) is 35.9 Å². The van der Waals surface area contributed by atoms with Crippen LogP contribution in [0.1, 0.15) is 5.56 Å². The Bertz CT molecular complexity index is 1170. The quantitative estimate of drug-likeness (QED) is 0.448. The van der Waals surface area contributed by atoms with Crippen LogP contribution in [0.3, 0.4) is 0 Å². The van der Waals surface area contributed by atoms with Crippen LogP contribution >= 0.6 is 22.9 Å². The molecule has 2 heterocycles. The Morgan fingerprint density at radius 1 is 1.07 bits per heavy atom. The predicted molar refractivity (Wildman–Crippen MR) is 108 cm³/mol. The van der Waals surface area contributed by atoms with Gasteiger partial charge in [0.25, 0.3) is 0 Å². The molecule has 0 aliphatic heterocycles. The minimum Gasteiger partial charge on any atom is -1.00 e. The first-order chi connectivity index (χ1) is 13.1. The van der Waals surface area contributed by atoms with E-state index in [9.17, 15) is 4.39 Å². The molecule has 4 aromatic rings. The standard InChI is InChI=1S/C21H15ClFN3S.BrH/c1-14-6-5-11-24-20(14)25-21-26(16-7-3-2-4-8-16)19(13-27-21)15-9-10-18(23)17(22)12-15;/h2-13H,1H3;1H/p-1/b25-21-;. The van der Waals surface area contributed by atoms with Crippen LogP contribution in [0.5, 0.6) is 0 Å². The van der Waals surface area contributed by atoms with Crippen LogP contribution in [-0.4, -0.2) is 9.55 Å². The first kappa shape index (κ1) is 20.5. The highest BCUT2D eigenvalue weighted by Gasteiger charge is 2.12. The Labute approximate surface area is 181 Å². The van der Waals surface area contributed by atoms with E-state index in [1.165, 1.54) is 17.4 Å². The van der Waals surface area contributed by atoms with Crippen LogP contribution < -0.4 is 21.8 Å². The fourth-order valence-electron chi connectivity index (χ4n) is 2.76. The molecule has 0 radical (unpaired) electrons. The van der Waals surface area contributed by atoms with Gasteiger partial charge in [0.15, 0.2) is 10.6 Å². The predicted octanol–water partition coefficient (Wildman–Crippen LogP) is 2.94. The highest BCUT2D eigenvalue weighted by molar-refractivity contribution is 7.07. The van der Waals surface area contributed by atoms with Gasteiger partial charge >= 0.3 is 0 Å². The smallest absolute Gasteiger partial charge is 0.196 e. The zero-order valence-corrected chi connectivity index (χ0v) is 18.0. The first-order valence-electron chi connectivity index (χ1n) is 8.31. The van der Waals surface area contributed by atoms with E-state index >= 15 is 0 Å². The zero-order chi connectivity index (χ0) is 18.8. The fraction of sp³-hybridized carbons (Fsp3) is 0.0476. The molecular weight excluding hydrogens is 461 g/mol. The van der Waals surface area contributed by atoms with Gasteiger partial charge in [0.2, 0.25) is 0 Å². The maximum atomic E-state index is 13.6. The average molecular weight is 476 g/mol. The van der Waals surface area contributed by atoms with Crippen molar-refractivity contribution in [3.8, 4) is 16.9 Å². The number of thiazole rings is 1. The molecule has 0 amide bonds. The number of pyridine rings is 1. The SMILES string of the molecule is Cc1cccnc1/N=c1\scc(-c2ccc(F)c(Cl)c2)n1-c1ccccc1.[Br-]. The number of benzene rings is 2. The topological polar surface area (TPSA) is 30.2 Å². The van der Waals surface area contributed by atoms with Crippen molar-refractivity contribution in [2.24, 2.45) is 4.99 Å². The summed E-state index contributed by atoms with van der Waals surface area (Å²) < 4.78 is 15.6. The molecule has 0 aliphatic rings. The minimum atomic E-state index is -0.434. The van der Waals surface area contributed by atoms with E-state index in [1.54, 1.807) is 18.3 Å². The lowest BCUT2D eigenvalue weighted by Gasteiger charge is -2.10. The Kier molecular flexibility index (Phi) is 6.44. The molecule has 0 aliphatic carbocycles. The lowest BCUT2D eigenvalue weighted by Crippen LogP contribution is -3.00. The lowest BCUT2D eigenvalue weighted by molar-refractivity contribution is -0.00000593. The van der Waals surface area contributed by atoms with E-state index in [4.69, 9.17) is 16.6 Å². The third kappa shape index (κ3) is 4.09. The van der Waals surface area contributed by atoms with Crippen LogP contribution in [-0.2, 0) is 0 Å². The van der Waals surface area contributed by atoms with Gasteiger partial charge in [0.1, 0.15) is 5.82 Å². The van der Waals surface area contributed by atoms with Gasteiger partial charge in [0.05, 0.1) is 10.7 Å². The molecule has 3 nitrogen and oxygen atoms in total. The van der Waals surface area contributed by atoms with Gasteiger partial charge in [0, 0.05) is 22.8 Å². The summed E-state index contributed by atoms with van der Waals surface area (Å²) >= 11 is 7.50. The van der Waals surface area contributed by atoms with Crippen molar-refractivity contribution in [1.29, 1.82) is 0 Å². The minimum absolute atomic E-state index is 0. The van der Waals surface area contributed by atoms with Crippen molar-refractivity contribution in [3.63, 3.8) is 0 Å². The van der Waals surface area contributed by atoms with E-state index in [0.717, 1.165) is 27.3 Å². The van der Waals surface area contributed by atoms with Gasteiger partial charge in [-0.25, -0.2) is 14.4 Å². The Balaban J connectivity index is 0.00000225. The van der Waals surface area contributed by atoms with Crippen molar-refractivity contribution >= 4 is 28.8 Å². The number of hydrogen-bond acceptors (Lipinski definition) is 3. The summed E-state index contributed by atoms with van der Waals surface area (Å²) in [6.45, 7) is 1.98. The van der Waals surface area contributed by atoms with E-state index in [0.29, 0.717) is 5.82 Å². The van der Waals surface area contributed by atoms with Gasteiger partial charge in [-0.15, -0.1) is 11.3 Å². The lowest BCUT2D eigenvalue weighted by atomic mass is 10.1. The molecule has 0 unspecified atom stereocenters. The summed E-state index contributed by atoms with van der Waals surface area (Å²) in [4.78, 5) is 9.91. The molecule has 7 heteroatoms. The summed E-state index contributed by atoms with van der Waals surface area (Å²) in [6, 6.07) is 18.5. The van der Waals surface area contributed by atoms with Gasteiger partial charge < -0.3 is 17.0 Å². The van der Waals surface area contributed by atoms with Crippen LogP contribution in [0.2, 0.25) is 5.02 Å². The van der Waals surface area contributed by atoms with E-state index in [1.807, 2.05) is 59.3 Å². The summed E-state index contributed by atoms with van der Waals surface area (Å²) in [7, 11) is 0. The second-order valence-corrected chi connectivity index (χ2v) is 7.20. The van der Waals surface area contributed by atoms with Crippen molar-refractivity contribution in [3.05, 3.63) is 93.4 Å². The Morgan fingerprint density at radius 2 is 1.86 bits per heavy atom. The molecule has 0 bridgehead atoms. The molecule has 2 aromatic heterocycles. The first-order valence-corrected chi connectivity index (χ1v) is 9.57. The normalized spacial score (nSPS) is 11.3. The molecule has 0 atom stereocenters. The summed E-state index contributed by atoms with van der Waals surface area (Å²) in [5.74, 6) is 0.239. The van der Waals surface area contributed by atoms with Crippen LogP contribution in [0.15, 0.2) is 77.2 Å². The van der Waals surface area contributed by atoms with Gasteiger partial charge in [-0.3, -0.25) is 4.57 Å². The maximum absolute atomic E-state index is 13.6. The van der Waals surface area contributed by atoms with Crippen molar-refractivity contribution in [2.75, 3.05) is 0 Å². The second kappa shape index (κ2) is 8.82. The molecule has 0 spiro atoms. The number of aromatic nitrogens is 2. The molecule has 28 heavy (non-hydrogen) atoms. The highest BCUT2D eigenvalue weighted by atomic mass is 79.9. The number of rotatable bonds is 3. The van der Waals surface area contributed by atoms with E-state index in [2.05, 4.69) is 4.98 Å². The zero-order valence-electron chi connectivity index (χ0n) is 14.8. The Hall–Kier alpha value is -2.28. The Morgan fingerprint density at radius 3 is 2.57 bits per heavy atom. The highest BCUT2D eigenvalue weighted by Crippen LogP contribution is 2.27. The molecular formula is C21H15BrClFN3S-. The summed E-state index contributed by atoms with van der Waals surface area (Å²) in [5.41, 5.74) is 3.67. The molecule has 0 saturated carbocycles. The largest absolute Gasteiger partial charge is 1.00 e. The van der Waals surface area contributed by atoms with Gasteiger partial charge in [-0.05, 0) is 48.9 Å². The van der Waals surface area contributed by atoms with E-state index in [-0.39, 0.29) is 22.0 Å². The number of para-hydroxylation sites is 1. The summed E-state index contributed by atoms with van der Waals surface area (Å²) in [6.07, 6.45) is 1.73. The van der Waals surface area contributed by atoms with Gasteiger partial charge in [-0.2, -0.15) is 0 Å². The third-order valence-corrected chi connectivity index (χ3v) is 5.24. The number of hydrogen-bond donors (Lipinski definition) is 0. The monoisotopic (exact) mass is 474 g/mol. The molecule has 0 fully saturated rings. The fourth-order valence-corrected chi connectivity index (χ4v) is 3.84. The van der Waals surface area contributed by atoms with Crippen LogP contribution in [0.25, 0.3) is 16.9 Å². The second-order valence-electron chi connectivity index (χ2n) is 5.96. The number of halogens is 3. The maximum Gasteiger partial charge on any atom is 0.196 e. The van der Waals surface area contributed by atoms with Crippen molar-refractivity contribution < 1.29 is 21.4 Å². The summed E-state index contributed by atoms with van der Waals surface area (Å²) in [5, 5.41) is 2.09. The van der Waals surface area contributed by atoms with Crippen LogP contribution in [0.4, 0.5) is 10.2 Å². The van der Waals surface area contributed by atoms with Crippen molar-refractivity contribution in [2.45, 2.75) is 6.92 Å². The molecule has 0 saturated heterocycles. The van der Waals surface area contributed by atoms with Crippen molar-refractivity contribution in [1.82, 2.24) is 9.55 Å². The molecule has 2 aromatic carbocycles. The van der Waals surface area contributed by atoms with E-state index < -0.39 is 5.82 Å². The molecule has 142 valence electrons. The van der Waals surface area contributed by atoms with Crippen LogP contribution in [0, 0.1) is 12.7 Å². The number of nitrogens with zero attached hydrogens (tertiary/aromatic N) is 3. The average Bonchev–Trinajstić information content (AvgIpc) is 3.10. The number of aryl methyl sites for hydroxylation is 1.